The molecule has 11 heteroatoms. The van der Waals surface area contributed by atoms with Gasteiger partial charge in [0.2, 0.25) is 5.91 Å². The molecule has 1 aliphatic carbocycles. The lowest BCUT2D eigenvalue weighted by Crippen LogP contribution is -2.51. The molecule has 142 valence electrons. The van der Waals surface area contributed by atoms with Crippen molar-refractivity contribution in [1.82, 2.24) is 25.2 Å². The van der Waals surface area contributed by atoms with Crippen LogP contribution in [0.5, 0.6) is 0 Å². The Morgan fingerprint density at radius 2 is 2.04 bits per heavy atom. The molecule has 1 saturated carbocycles. The van der Waals surface area contributed by atoms with Crippen molar-refractivity contribution in [3.05, 3.63) is 23.0 Å². The molecule has 1 atom stereocenters. The van der Waals surface area contributed by atoms with Gasteiger partial charge in [0.25, 0.3) is 5.92 Å². The number of carbonyl (C=O) groups excluding carboxylic acids is 2. The van der Waals surface area contributed by atoms with Gasteiger partial charge in [-0.05, 0) is 12.8 Å². The van der Waals surface area contributed by atoms with Crippen molar-refractivity contribution in [2.75, 3.05) is 24.5 Å². The van der Waals surface area contributed by atoms with Gasteiger partial charge in [-0.2, -0.15) is 9.61 Å². The Bertz CT molecular complexity index is 983. The normalized spacial score (nSPS) is 25.7. The Morgan fingerprint density at radius 3 is 2.70 bits per heavy atom. The number of imide groups is 1. The molecular formula is C16H15ClF2N6O2. The lowest BCUT2D eigenvalue weighted by Gasteiger charge is -2.24. The summed E-state index contributed by atoms with van der Waals surface area (Å²) in [5.41, 5.74) is -0.345. The average Bonchev–Trinajstić information content (AvgIpc) is 3.24. The van der Waals surface area contributed by atoms with Gasteiger partial charge in [-0.25, -0.2) is 18.6 Å². The first kappa shape index (κ1) is 16.7. The van der Waals surface area contributed by atoms with Crippen LogP contribution in [0.1, 0.15) is 24.5 Å². The van der Waals surface area contributed by atoms with E-state index in [1.54, 1.807) is 11.0 Å². The molecule has 3 aliphatic rings. The standard InChI is InChI=1S/C16H15ClF2N6O2/c17-9-5-21-25-11(24-6-15(1-2-15)16(18,19)7-24)3-10(22-12(9)25)8-4-20-14(27)23-13(8)26/h3,5,8H,1-2,4,6-7H2,(H2,20,23,26,27). The molecule has 0 aromatic carbocycles. The smallest absolute Gasteiger partial charge is 0.321 e. The summed E-state index contributed by atoms with van der Waals surface area (Å²) in [6, 6.07) is 1.00. The highest BCUT2D eigenvalue weighted by atomic mass is 35.5. The molecule has 2 aliphatic heterocycles. The molecule has 1 unspecified atom stereocenters. The van der Waals surface area contributed by atoms with E-state index in [0.717, 1.165) is 0 Å². The Balaban J connectivity index is 1.60. The highest BCUT2D eigenvalue weighted by Gasteiger charge is 2.67. The summed E-state index contributed by atoms with van der Waals surface area (Å²) in [7, 11) is 0. The van der Waals surface area contributed by atoms with Gasteiger partial charge in [0, 0.05) is 19.2 Å². The summed E-state index contributed by atoms with van der Waals surface area (Å²) >= 11 is 6.16. The van der Waals surface area contributed by atoms with Crippen molar-refractivity contribution in [1.29, 1.82) is 0 Å². The SMILES string of the molecule is O=C1NCC(c2cc(N3CC(F)(F)C4(CC4)C3)n3ncc(Cl)c3n2)C(=O)N1. The predicted molar refractivity (Wildman–Crippen MR) is 91.1 cm³/mol. The lowest BCUT2D eigenvalue weighted by molar-refractivity contribution is -0.122. The van der Waals surface area contributed by atoms with Crippen LogP contribution >= 0.6 is 11.6 Å². The van der Waals surface area contributed by atoms with Gasteiger partial charge < -0.3 is 10.2 Å². The van der Waals surface area contributed by atoms with Crippen LogP contribution in [0.25, 0.3) is 5.65 Å². The molecule has 5 rings (SSSR count). The van der Waals surface area contributed by atoms with Crippen molar-refractivity contribution in [3.8, 4) is 0 Å². The van der Waals surface area contributed by atoms with Gasteiger partial charge in [-0.1, -0.05) is 11.6 Å². The number of rotatable bonds is 2. The highest BCUT2D eigenvalue weighted by molar-refractivity contribution is 6.33. The van der Waals surface area contributed by atoms with E-state index in [0.29, 0.717) is 24.4 Å². The fourth-order valence-corrected chi connectivity index (χ4v) is 4.06. The number of nitrogens with zero attached hydrogens (tertiary/aromatic N) is 4. The maximum Gasteiger partial charge on any atom is 0.321 e. The van der Waals surface area contributed by atoms with Crippen molar-refractivity contribution in [2.45, 2.75) is 24.7 Å². The van der Waals surface area contributed by atoms with E-state index in [9.17, 15) is 18.4 Å². The van der Waals surface area contributed by atoms with E-state index in [1.807, 2.05) is 0 Å². The van der Waals surface area contributed by atoms with E-state index in [-0.39, 0.29) is 23.8 Å². The van der Waals surface area contributed by atoms with Gasteiger partial charge in [0.15, 0.2) is 5.65 Å². The Hall–Kier alpha value is -2.49. The molecule has 8 nitrogen and oxygen atoms in total. The summed E-state index contributed by atoms with van der Waals surface area (Å²) in [6.45, 7) is -0.139. The number of halogens is 3. The van der Waals surface area contributed by atoms with E-state index >= 15 is 0 Å². The zero-order valence-corrected chi connectivity index (χ0v) is 14.8. The third kappa shape index (κ3) is 2.39. The van der Waals surface area contributed by atoms with Gasteiger partial charge in [-0.3, -0.25) is 10.1 Å². The summed E-state index contributed by atoms with van der Waals surface area (Å²) < 4.78 is 30.3. The minimum atomic E-state index is -2.78. The summed E-state index contributed by atoms with van der Waals surface area (Å²) in [5.74, 6) is -3.61. The van der Waals surface area contributed by atoms with Crippen LogP contribution in [0, 0.1) is 5.41 Å². The number of aromatic nitrogens is 3. The molecule has 1 spiro atoms. The Morgan fingerprint density at radius 1 is 1.26 bits per heavy atom. The second kappa shape index (κ2) is 5.28. The van der Waals surface area contributed by atoms with Crippen molar-refractivity contribution >= 4 is 35.0 Å². The number of urea groups is 1. The monoisotopic (exact) mass is 396 g/mol. The van der Waals surface area contributed by atoms with Crippen LogP contribution in [0.15, 0.2) is 12.3 Å². The third-order valence-electron chi connectivity index (χ3n) is 5.64. The first-order valence-corrected chi connectivity index (χ1v) is 8.93. The summed E-state index contributed by atoms with van der Waals surface area (Å²) in [6.07, 6.45) is 2.38. The largest absolute Gasteiger partial charge is 0.350 e. The molecule has 4 heterocycles. The molecule has 2 N–H and O–H groups in total. The lowest BCUT2D eigenvalue weighted by atomic mass is 10.0. The van der Waals surface area contributed by atoms with Crippen LogP contribution in [-0.4, -0.2) is 52.1 Å². The number of nitrogens with one attached hydrogen (secondary N) is 2. The van der Waals surface area contributed by atoms with Crippen LogP contribution in [-0.2, 0) is 4.79 Å². The number of anilines is 1. The van der Waals surface area contributed by atoms with E-state index < -0.39 is 35.7 Å². The number of hydrogen-bond acceptors (Lipinski definition) is 5. The Labute approximate surface area is 156 Å². The van der Waals surface area contributed by atoms with E-state index in [2.05, 4.69) is 20.7 Å². The average molecular weight is 397 g/mol. The minimum Gasteiger partial charge on any atom is -0.350 e. The molecule has 3 fully saturated rings. The summed E-state index contributed by atoms with van der Waals surface area (Å²) in [5, 5.41) is 9.15. The molecule has 3 amide bonds. The van der Waals surface area contributed by atoms with Crippen LogP contribution in [0.4, 0.5) is 19.4 Å². The van der Waals surface area contributed by atoms with Gasteiger partial charge in [-0.15, -0.1) is 0 Å². The zero-order valence-electron chi connectivity index (χ0n) is 14.0. The molecule has 0 radical (unpaired) electrons. The number of carbonyl (C=O) groups is 2. The zero-order chi connectivity index (χ0) is 19.0. The fourth-order valence-electron chi connectivity index (χ4n) is 3.89. The number of amides is 3. The first-order valence-electron chi connectivity index (χ1n) is 8.55. The molecule has 2 aromatic rings. The second-order valence-electron chi connectivity index (χ2n) is 7.36. The fraction of sp³-hybridized carbons (Fsp3) is 0.500. The highest BCUT2D eigenvalue weighted by Crippen LogP contribution is 2.61. The maximum atomic E-state index is 14.5. The minimum absolute atomic E-state index is 0.0686. The maximum absolute atomic E-state index is 14.5. The van der Waals surface area contributed by atoms with E-state index in [1.165, 1.54) is 10.7 Å². The third-order valence-corrected chi connectivity index (χ3v) is 5.91. The van der Waals surface area contributed by atoms with Crippen LogP contribution < -0.4 is 15.5 Å². The Kier molecular flexibility index (Phi) is 3.26. The predicted octanol–water partition coefficient (Wildman–Crippen LogP) is 1.54. The summed E-state index contributed by atoms with van der Waals surface area (Å²) in [4.78, 5) is 29.5. The number of alkyl halides is 2. The van der Waals surface area contributed by atoms with Crippen LogP contribution in [0.2, 0.25) is 5.02 Å². The molecule has 27 heavy (non-hydrogen) atoms. The van der Waals surface area contributed by atoms with Crippen molar-refractivity contribution < 1.29 is 18.4 Å². The van der Waals surface area contributed by atoms with Gasteiger partial charge in [0.05, 0.1) is 29.8 Å². The number of hydrogen-bond donors (Lipinski definition) is 2. The van der Waals surface area contributed by atoms with Gasteiger partial charge >= 0.3 is 6.03 Å². The number of fused-ring (bicyclic) bond motifs is 1. The van der Waals surface area contributed by atoms with Crippen molar-refractivity contribution in [3.63, 3.8) is 0 Å². The molecule has 0 bridgehead atoms. The molecular weight excluding hydrogens is 382 g/mol. The first-order chi connectivity index (χ1) is 12.8. The second-order valence-corrected chi connectivity index (χ2v) is 7.77. The molecule has 2 saturated heterocycles. The van der Waals surface area contributed by atoms with Crippen LogP contribution in [0.3, 0.4) is 0 Å². The van der Waals surface area contributed by atoms with Gasteiger partial charge in [0.1, 0.15) is 10.8 Å². The quantitative estimate of drug-likeness (QED) is 0.803. The topological polar surface area (TPSA) is 91.6 Å². The van der Waals surface area contributed by atoms with Crippen molar-refractivity contribution in [2.24, 2.45) is 5.41 Å². The van der Waals surface area contributed by atoms with E-state index in [4.69, 9.17) is 11.6 Å². The molecule has 2 aromatic heterocycles.